The summed E-state index contributed by atoms with van der Waals surface area (Å²) >= 11 is 5.81. The van der Waals surface area contributed by atoms with Gasteiger partial charge in [-0.1, -0.05) is 17.7 Å². The Labute approximate surface area is 168 Å². The van der Waals surface area contributed by atoms with Crippen LogP contribution in [-0.2, 0) is 19.6 Å². The first-order valence-electron chi connectivity index (χ1n) is 8.12. The van der Waals surface area contributed by atoms with Crippen LogP contribution >= 0.6 is 11.6 Å². The molecule has 2 aromatic rings. The Kier molecular flexibility index (Phi) is 6.65. The summed E-state index contributed by atoms with van der Waals surface area (Å²) in [5.41, 5.74) is 6.27. The number of anilines is 2. The van der Waals surface area contributed by atoms with E-state index in [-0.39, 0.29) is 21.8 Å². The molecule has 0 aromatic heterocycles. The number of hydrogen-bond donors (Lipinski definition) is 2. The second-order valence-electron chi connectivity index (χ2n) is 6.09. The van der Waals surface area contributed by atoms with Gasteiger partial charge >= 0.3 is 5.97 Å². The number of amides is 1. The number of halogens is 1. The van der Waals surface area contributed by atoms with Gasteiger partial charge in [-0.25, -0.2) is 17.5 Å². The number of nitrogens with zero attached hydrogens (tertiary/aromatic N) is 1. The first-order chi connectivity index (χ1) is 13.0. The monoisotopic (exact) mass is 425 g/mol. The third-order valence-corrected chi connectivity index (χ3v) is 5.92. The van der Waals surface area contributed by atoms with Crippen LogP contribution in [0.1, 0.15) is 17.3 Å². The molecular formula is C18H20ClN3O5S. The molecule has 0 aliphatic rings. The molecule has 1 amide bonds. The molecule has 0 fully saturated rings. The first-order valence-corrected chi connectivity index (χ1v) is 9.93. The van der Waals surface area contributed by atoms with Crippen molar-refractivity contribution in [2.45, 2.75) is 17.9 Å². The Hall–Kier alpha value is -2.62. The van der Waals surface area contributed by atoms with Gasteiger partial charge in [0.2, 0.25) is 10.0 Å². The largest absolute Gasteiger partial charge is 0.449 e. The van der Waals surface area contributed by atoms with Gasteiger partial charge in [0.15, 0.2) is 6.10 Å². The van der Waals surface area contributed by atoms with Gasteiger partial charge < -0.3 is 15.8 Å². The molecule has 2 rings (SSSR count). The Bertz CT molecular complexity index is 1010. The lowest BCUT2D eigenvalue weighted by atomic mass is 10.2. The molecule has 10 heteroatoms. The molecule has 0 heterocycles. The fourth-order valence-electron chi connectivity index (χ4n) is 2.14. The van der Waals surface area contributed by atoms with E-state index in [1.165, 1.54) is 63.5 Å². The van der Waals surface area contributed by atoms with Crippen molar-refractivity contribution in [3.05, 3.63) is 53.1 Å². The van der Waals surface area contributed by atoms with E-state index in [4.69, 9.17) is 22.1 Å². The van der Waals surface area contributed by atoms with E-state index in [9.17, 15) is 18.0 Å². The van der Waals surface area contributed by atoms with E-state index in [1.54, 1.807) is 0 Å². The molecule has 0 aliphatic carbocycles. The summed E-state index contributed by atoms with van der Waals surface area (Å²) in [6.07, 6.45) is -1.13. The zero-order valence-corrected chi connectivity index (χ0v) is 17.0. The molecule has 28 heavy (non-hydrogen) atoms. The van der Waals surface area contributed by atoms with Crippen LogP contribution in [0.4, 0.5) is 11.4 Å². The summed E-state index contributed by atoms with van der Waals surface area (Å²) in [6.45, 7) is 1.40. The molecule has 0 bridgehead atoms. The fourth-order valence-corrected chi connectivity index (χ4v) is 3.21. The molecule has 1 atom stereocenters. The highest BCUT2D eigenvalue weighted by atomic mass is 35.5. The molecule has 2 aromatic carbocycles. The number of nitrogen functional groups attached to an aromatic ring is 1. The van der Waals surface area contributed by atoms with Crippen molar-refractivity contribution < 1.29 is 22.7 Å². The van der Waals surface area contributed by atoms with Crippen molar-refractivity contribution in [2.24, 2.45) is 0 Å². The van der Waals surface area contributed by atoms with Crippen molar-refractivity contribution in [3.63, 3.8) is 0 Å². The third-order valence-electron chi connectivity index (χ3n) is 3.76. The molecule has 0 saturated heterocycles. The van der Waals surface area contributed by atoms with Crippen LogP contribution in [0.15, 0.2) is 47.4 Å². The summed E-state index contributed by atoms with van der Waals surface area (Å²) in [7, 11) is -0.827. The highest BCUT2D eigenvalue weighted by molar-refractivity contribution is 7.89. The van der Waals surface area contributed by atoms with E-state index in [1.807, 2.05) is 0 Å². The average Bonchev–Trinajstić information content (AvgIpc) is 2.63. The summed E-state index contributed by atoms with van der Waals surface area (Å²) < 4.78 is 30.6. The number of ether oxygens (including phenoxy) is 1. The number of carbonyl (C=O) groups is 2. The van der Waals surface area contributed by atoms with Crippen LogP contribution in [0.5, 0.6) is 0 Å². The number of nitrogens with two attached hydrogens (primary N) is 1. The molecule has 0 spiro atoms. The summed E-state index contributed by atoms with van der Waals surface area (Å²) in [5.74, 6) is -1.36. The highest BCUT2D eigenvalue weighted by Gasteiger charge is 2.21. The second-order valence-corrected chi connectivity index (χ2v) is 8.65. The summed E-state index contributed by atoms with van der Waals surface area (Å²) in [5, 5.41) is 2.83. The number of benzene rings is 2. The Morgan fingerprint density at radius 3 is 2.46 bits per heavy atom. The topological polar surface area (TPSA) is 119 Å². The zero-order chi connectivity index (χ0) is 21.1. The maximum atomic E-state index is 12.3. The molecule has 0 aliphatic heterocycles. The molecule has 150 valence electrons. The molecule has 0 saturated carbocycles. The lowest BCUT2D eigenvalue weighted by Gasteiger charge is -2.15. The van der Waals surface area contributed by atoms with E-state index in [0.717, 1.165) is 4.31 Å². The molecule has 0 radical (unpaired) electrons. The number of nitrogens with one attached hydrogen (secondary N) is 1. The van der Waals surface area contributed by atoms with Crippen LogP contribution in [0.2, 0.25) is 5.02 Å². The third kappa shape index (κ3) is 5.00. The van der Waals surface area contributed by atoms with E-state index >= 15 is 0 Å². The normalized spacial score (nSPS) is 12.5. The minimum Gasteiger partial charge on any atom is -0.449 e. The van der Waals surface area contributed by atoms with Gasteiger partial charge in [0.25, 0.3) is 5.91 Å². The number of hydrogen-bond acceptors (Lipinski definition) is 6. The molecule has 0 unspecified atom stereocenters. The van der Waals surface area contributed by atoms with E-state index in [2.05, 4.69) is 5.32 Å². The fraction of sp³-hybridized carbons (Fsp3) is 0.222. The smallest absolute Gasteiger partial charge is 0.338 e. The predicted molar refractivity (Wildman–Crippen MR) is 107 cm³/mol. The van der Waals surface area contributed by atoms with Crippen molar-refractivity contribution in [2.75, 3.05) is 25.1 Å². The van der Waals surface area contributed by atoms with Gasteiger partial charge in [-0.15, -0.1) is 0 Å². The van der Waals surface area contributed by atoms with Crippen LogP contribution in [-0.4, -0.2) is 44.8 Å². The van der Waals surface area contributed by atoms with Crippen molar-refractivity contribution in [1.82, 2.24) is 4.31 Å². The first kappa shape index (κ1) is 21.7. The lowest BCUT2D eigenvalue weighted by molar-refractivity contribution is -0.123. The summed E-state index contributed by atoms with van der Waals surface area (Å²) in [4.78, 5) is 24.5. The number of carbonyl (C=O) groups excluding carboxylic acids is 2. The standard InChI is InChI=1S/C18H20ClN3O5S/c1-11(27-18(24)12-7-8-15(19)16(20)9-12)17(23)21-13-5-4-6-14(10-13)28(25,26)22(2)3/h4-11H,20H2,1-3H3,(H,21,23)/t11-/m1/s1. The predicted octanol–water partition coefficient (Wildman–Crippen LogP) is 2.36. The molecule has 8 nitrogen and oxygen atoms in total. The van der Waals surface area contributed by atoms with Crippen molar-refractivity contribution in [3.8, 4) is 0 Å². The van der Waals surface area contributed by atoms with Crippen LogP contribution < -0.4 is 11.1 Å². The van der Waals surface area contributed by atoms with Crippen LogP contribution in [0.25, 0.3) is 0 Å². The van der Waals surface area contributed by atoms with Gasteiger partial charge in [-0.3, -0.25) is 4.79 Å². The Balaban J connectivity index is 2.08. The Morgan fingerprint density at radius 1 is 1.18 bits per heavy atom. The number of sulfonamides is 1. The molecule has 3 N–H and O–H groups in total. The van der Waals surface area contributed by atoms with Crippen LogP contribution in [0.3, 0.4) is 0 Å². The zero-order valence-electron chi connectivity index (χ0n) is 15.5. The molecular weight excluding hydrogens is 406 g/mol. The van der Waals surface area contributed by atoms with Crippen molar-refractivity contribution >= 4 is 44.9 Å². The van der Waals surface area contributed by atoms with E-state index < -0.39 is 28.0 Å². The van der Waals surface area contributed by atoms with Gasteiger partial charge in [0.1, 0.15) is 0 Å². The van der Waals surface area contributed by atoms with E-state index in [0.29, 0.717) is 5.02 Å². The quantitative estimate of drug-likeness (QED) is 0.541. The van der Waals surface area contributed by atoms with Gasteiger partial charge in [-0.05, 0) is 43.3 Å². The minimum absolute atomic E-state index is 0.0246. The maximum absolute atomic E-state index is 12.3. The average molecular weight is 426 g/mol. The maximum Gasteiger partial charge on any atom is 0.338 e. The minimum atomic E-state index is -3.64. The summed E-state index contributed by atoms with van der Waals surface area (Å²) in [6, 6.07) is 10.0. The Morgan fingerprint density at radius 2 is 1.86 bits per heavy atom. The lowest BCUT2D eigenvalue weighted by Crippen LogP contribution is -2.30. The van der Waals surface area contributed by atoms with Crippen LogP contribution in [0, 0.1) is 0 Å². The number of rotatable bonds is 6. The second kappa shape index (κ2) is 8.59. The van der Waals surface area contributed by atoms with Gasteiger partial charge in [0.05, 0.1) is 21.2 Å². The SMILES string of the molecule is C[C@@H](OC(=O)c1ccc(Cl)c(N)c1)C(=O)Nc1cccc(S(=O)(=O)N(C)C)c1. The number of esters is 1. The van der Waals surface area contributed by atoms with Crippen molar-refractivity contribution in [1.29, 1.82) is 0 Å². The highest BCUT2D eigenvalue weighted by Crippen LogP contribution is 2.21. The van der Waals surface area contributed by atoms with Gasteiger partial charge in [-0.2, -0.15) is 0 Å². The van der Waals surface area contributed by atoms with Gasteiger partial charge in [0, 0.05) is 19.8 Å².